The first-order valence-electron chi connectivity index (χ1n) is 2.97. The zero-order chi connectivity index (χ0) is 6.85. The van der Waals surface area contributed by atoms with Gasteiger partial charge in [0.05, 0.1) is 6.10 Å². The van der Waals surface area contributed by atoms with Gasteiger partial charge in [-0.25, -0.2) is 0 Å². The molecular weight excluding hydrogens is 116 g/mol. The van der Waals surface area contributed by atoms with Crippen LogP contribution < -0.4 is 0 Å². The Bertz CT molecular complexity index is 158. The molecule has 2 unspecified atom stereocenters. The van der Waals surface area contributed by atoms with Crippen molar-refractivity contribution in [2.45, 2.75) is 13.0 Å². The van der Waals surface area contributed by atoms with Crippen LogP contribution >= 0.6 is 0 Å². The summed E-state index contributed by atoms with van der Waals surface area (Å²) >= 11 is 0. The lowest BCUT2D eigenvalue weighted by atomic mass is 9.99. The predicted molar refractivity (Wildman–Crippen MR) is 35.0 cm³/mol. The van der Waals surface area contributed by atoms with Gasteiger partial charge in [-0.15, -0.1) is 0 Å². The molecule has 0 aromatic carbocycles. The first kappa shape index (κ1) is 6.36. The quantitative estimate of drug-likeness (QED) is 0.508. The highest BCUT2D eigenvalue weighted by Gasteiger charge is 2.12. The third-order valence-corrected chi connectivity index (χ3v) is 1.44. The van der Waals surface area contributed by atoms with E-state index in [-0.39, 0.29) is 11.7 Å². The van der Waals surface area contributed by atoms with Crippen molar-refractivity contribution in [1.82, 2.24) is 0 Å². The second kappa shape index (κ2) is 2.23. The van der Waals surface area contributed by atoms with E-state index in [1.165, 1.54) is 6.08 Å². The molecule has 1 aliphatic rings. The van der Waals surface area contributed by atoms with Crippen molar-refractivity contribution < 1.29 is 10.2 Å². The minimum absolute atomic E-state index is 0.0370. The summed E-state index contributed by atoms with van der Waals surface area (Å²) in [6.45, 7) is 1.85. The lowest BCUT2D eigenvalue weighted by molar-refractivity contribution is 0.179. The molecule has 0 saturated carbocycles. The van der Waals surface area contributed by atoms with Gasteiger partial charge in [-0.1, -0.05) is 13.0 Å². The zero-order valence-corrected chi connectivity index (χ0v) is 5.28. The fourth-order valence-corrected chi connectivity index (χ4v) is 0.796. The van der Waals surface area contributed by atoms with Crippen LogP contribution in [0.15, 0.2) is 24.0 Å². The van der Waals surface area contributed by atoms with Crippen LogP contribution in [0.5, 0.6) is 0 Å². The van der Waals surface area contributed by atoms with E-state index < -0.39 is 6.10 Å². The molecule has 0 aromatic heterocycles. The smallest absolute Gasteiger partial charge is 0.111 e. The van der Waals surface area contributed by atoms with E-state index in [1.54, 1.807) is 12.2 Å². The van der Waals surface area contributed by atoms with Gasteiger partial charge in [0.25, 0.3) is 0 Å². The predicted octanol–water partition coefficient (Wildman–Crippen LogP) is 0.995. The normalized spacial score (nSPS) is 34.2. The van der Waals surface area contributed by atoms with Crippen LogP contribution in [0, 0.1) is 5.92 Å². The lowest BCUT2D eigenvalue weighted by Crippen LogP contribution is -2.15. The Labute approximate surface area is 54.1 Å². The van der Waals surface area contributed by atoms with Crippen molar-refractivity contribution in [3.63, 3.8) is 0 Å². The third-order valence-electron chi connectivity index (χ3n) is 1.44. The molecule has 0 amide bonds. The molecular formula is C7H10O2. The van der Waals surface area contributed by atoms with Crippen LogP contribution in [0.3, 0.4) is 0 Å². The maximum absolute atomic E-state index is 9.05. The number of hydrogen-bond donors (Lipinski definition) is 2. The van der Waals surface area contributed by atoms with Gasteiger partial charge >= 0.3 is 0 Å². The van der Waals surface area contributed by atoms with E-state index in [1.807, 2.05) is 6.92 Å². The summed E-state index contributed by atoms with van der Waals surface area (Å²) in [6.07, 6.45) is 4.29. The Morgan fingerprint density at radius 1 is 1.56 bits per heavy atom. The molecule has 2 atom stereocenters. The molecule has 2 heteroatoms. The van der Waals surface area contributed by atoms with Crippen molar-refractivity contribution in [3.8, 4) is 0 Å². The van der Waals surface area contributed by atoms with E-state index in [2.05, 4.69) is 0 Å². The van der Waals surface area contributed by atoms with Crippen LogP contribution in [-0.2, 0) is 0 Å². The highest BCUT2D eigenvalue weighted by molar-refractivity contribution is 5.19. The first-order valence-corrected chi connectivity index (χ1v) is 2.97. The highest BCUT2D eigenvalue weighted by atomic mass is 16.3. The Morgan fingerprint density at radius 3 is 2.67 bits per heavy atom. The third kappa shape index (κ3) is 1.33. The van der Waals surface area contributed by atoms with Crippen LogP contribution in [0.4, 0.5) is 0 Å². The Hall–Kier alpha value is -0.760. The summed E-state index contributed by atoms with van der Waals surface area (Å²) in [7, 11) is 0. The molecule has 1 rings (SSSR count). The molecule has 0 saturated heterocycles. The van der Waals surface area contributed by atoms with Gasteiger partial charge in [0.15, 0.2) is 0 Å². The average molecular weight is 126 g/mol. The monoisotopic (exact) mass is 126 g/mol. The van der Waals surface area contributed by atoms with Crippen molar-refractivity contribution in [1.29, 1.82) is 0 Å². The zero-order valence-electron chi connectivity index (χ0n) is 5.28. The summed E-state index contributed by atoms with van der Waals surface area (Å²) in [5.74, 6) is 0.280. The Balaban J connectivity index is 2.70. The molecule has 0 radical (unpaired) electrons. The van der Waals surface area contributed by atoms with Gasteiger partial charge < -0.3 is 10.2 Å². The average Bonchev–Trinajstić information content (AvgIpc) is 1.80. The van der Waals surface area contributed by atoms with Crippen molar-refractivity contribution in [2.75, 3.05) is 0 Å². The fourth-order valence-electron chi connectivity index (χ4n) is 0.796. The highest BCUT2D eigenvalue weighted by Crippen LogP contribution is 2.14. The van der Waals surface area contributed by atoms with Gasteiger partial charge in [-0.3, -0.25) is 0 Å². The Morgan fingerprint density at radius 2 is 2.22 bits per heavy atom. The minimum atomic E-state index is -0.430. The summed E-state index contributed by atoms with van der Waals surface area (Å²) in [5.41, 5.74) is 0. The van der Waals surface area contributed by atoms with Gasteiger partial charge in [0, 0.05) is 5.92 Å². The Kier molecular flexibility index (Phi) is 1.58. The van der Waals surface area contributed by atoms with E-state index in [4.69, 9.17) is 10.2 Å². The molecule has 2 N–H and O–H groups in total. The van der Waals surface area contributed by atoms with Crippen molar-refractivity contribution in [3.05, 3.63) is 24.0 Å². The molecule has 50 valence electrons. The molecule has 0 fully saturated rings. The molecule has 9 heavy (non-hydrogen) atoms. The number of allylic oxidation sites excluding steroid dienone is 1. The van der Waals surface area contributed by atoms with Gasteiger partial charge in [0.1, 0.15) is 5.76 Å². The molecule has 0 bridgehead atoms. The van der Waals surface area contributed by atoms with E-state index in [0.29, 0.717) is 0 Å². The van der Waals surface area contributed by atoms with Crippen LogP contribution in [-0.4, -0.2) is 16.3 Å². The maximum Gasteiger partial charge on any atom is 0.111 e. The second-order valence-electron chi connectivity index (χ2n) is 2.30. The molecule has 1 aliphatic carbocycles. The fraction of sp³-hybridized carbons (Fsp3) is 0.429. The van der Waals surface area contributed by atoms with E-state index in [0.717, 1.165) is 0 Å². The number of aliphatic hydroxyl groups is 2. The summed E-state index contributed by atoms with van der Waals surface area (Å²) in [5, 5.41) is 17.9. The SMILES string of the molecule is CC1C=C(O)C=CC1O. The largest absolute Gasteiger partial charge is 0.508 e. The summed E-state index contributed by atoms with van der Waals surface area (Å²) in [4.78, 5) is 0. The van der Waals surface area contributed by atoms with Gasteiger partial charge in [0.2, 0.25) is 0 Å². The summed E-state index contributed by atoms with van der Waals surface area (Å²) in [6, 6.07) is 0. The van der Waals surface area contributed by atoms with Crippen LogP contribution in [0.2, 0.25) is 0 Å². The molecule has 0 spiro atoms. The lowest BCUT2D eigenvalue weighted by Gasteiger charge is -2.14. The topological polar surface area (TPSA) is 40.5 Å². The molecule has 2 nitrogen and oxygen atoms in total. The number of hydrogen-bond acceptors (Lipinski definition) is 2. The molecule has 0 aliphatic heterocycles. The van der Waals surface area contributed by atoms with E-state index >= 15 is 0 Å². The second-order valence-corrected chi connectivity index (χ2v) is 2.30. The minimum Gasteiger partial charge on any atom is -0.508 e. The van der Waals surface area contributed by atoms with Crippen molar-refractivity contribution in [2.24, 2.45) is 5.92 Å². The van der Waals surface area contributed by atoms with E-state index in [9.17, 15) is 0 Å². The van der Waals surface area contributed by atoms with Crippen LogP contribution in [0.1, 0.15) is 6.92 Å². The van der Waals surface area contributed by atoms with Gasteiger partial charge in [-0.05, 0) is 12.2 Å². The maximum atomic E-state index is 9.05. The van der Waals surface area contributed by atoms with Gasteiger partial charge in [-0.2, -0.15) is 0 Å². The molecule has 0 aromatic rings. The molecule has 0 heterocycles. The summed E-state index contributed by atoms with van der Waals surface area (Å²) < 4.78 is 0. The number of aliphatic hydroxyl groups excluding tert-OH is 2. The first-order chi connectivity index (χ1) is 4.20. The van der Waals surface area contributed by atoms with Crippen molar-refractivity contribution >= 4 is 0 Å². The van der Waals surface area contributed by atoms with Crippen LogP contribution in [0.25, 0.3) is 0 Å². The standard InChI is InChI=1S/C7H10O2/c1-5-4-6(8)2-3-7(5)9/h2-5,7-9H,1H3. The number of rotatable bonds is 0.